The van der Waals surface area contributed by atoms with Gasteiger partial charge < -0.3 is 5.11 Å². The second-order valence-electron chi connectivity index (χ2n) is 8.70. The Balaban J connectivity index is 1.86. The van der Waals surface area contributed by atoms with E-state index >= 15 is 0 Å². The molecule has 0 amide bonds. The molecule has 3 aromatic rings. The summed E-state index contributed by atoms with van der Waals surface area (Å²) in [6.07, 6.45) is 7.09. The summed E-state index contributed by atoms with van der Waals surface area (Å²) < 4.78 is 0. The SMILES string of the molecule is Cc1nc(-c2cn[nH]c2)c2c(n1)[C@@]1(c3ccccc3)C/C(=C/O)C(=O)C[C@]1(C)CC2. The normalized spacial score (nSPS) is 27.0. The molecule has 30 heavy (non-hydrogen) atoms. The number of H-pyrrole nitrogens is 1. The van der Waals surface area contributed by atoms with Crippen molar-refractivity contribution in [3.63, 3.8) is 0 Å². The zero-order valence-electron chi connectivity index (χ0n) is 17.1. The predicted octanol–water partition coefficient (Wildman–Crippen LogP) is 4.22. The van der Waals surface area contributed by atoms with Crippen LogP contribution in [-0.2, 0) is 16.6 Å². The molecule has 0 spiro atoms. The van der Waals surface area contributed by atoms with E-state index in [1.165, 1.54) is 0 Å². The molecular weight excluding hydrogens is 376 g/mol. The highest BCUT2D eigenvalue weighted by atomic mass is 16.2. The van der Waals surface area contributed by atoms with Crippen LogP contribution in [0.25, 0.3) is 11.3 Å². The van der Waals surface area contributed by atoms with Crippen molar-refractivity contribution in [3.05, 3.63) is 77.2 Å². The van der Waals surface area contributed by atoms with Crippen LogP contribution in [0.1, 0.15) is 48.8 Å². The summed E-state index contributed by atoms with van der Waals surface area (Å²) in [6, 6.07) is 10.3. The van der Waals surface area contributed by atoms with Gasteiger partial charge in [0.25, 0.3) is 0 Å². The molecule has 0 saturated heterocycles. The molecule has 2 aromatic heterocycles. The lowest BCUT2D eigenvalue weighted by Gasteiger charge is -2.55. The lowest BCUT2D eigenvalue weighted by molar-refractivity contribution is -0.121. The summed E-state index contributed by atoms with van der Waals surface area (Å²) in [5.41, 5.74) is 4.67. The van der Waals surface area contributed by atoms with E-state index in [0.717, 1.165) is 47.2 Å². The van der Waals surface area contributed by atoms with E-state index in [2.05, 4.69) is 29.3 Å². The van der Waals surface area contributed by atoms with Crippen LogP contribution in [0.15, 0.2) is 54.6 Å². The largest absolute Gasteiger partial charge is 0.515 e. The number of aliphatic hydroxyl groups excluding tert-OH is 1. The predicted molar refractivity (Wildman–Crippen MR) is 113 cm³/mol. The second-order valence-corrected chi connectivity index (χ2v) is 8.70. The van der Waals surface area contributed by atoms with Crippen LogP contribution in [0.5, 0.6) is 0 Å². The van der Waals surface area contributed by atoms with Gasteiger partial charge in [-0.25, -0.2) is 9.97 Å². The summed E-state index contributed by atoms with van der Waals surface area (Å²) in [4.78, 5) is 22.6. The van der Waals surface area contributed by atoms with Crippen molar-refractivity contribution < 1.29 is 9.90 Å². The van der Waals surface area contributed by atoms with Crippen molar-refractivity contribution in [1.82, 2.24) is 20.2 Å². The molecule has 0 bridgehead atoms. The number of aliphatic hydroxyl groups is 1. The molecule has 0 unspecified atom stereocenters. The fourth-order valence-corrected chi connectivity index (χ4v) is 5.52. The molecule has 0 aliphatic heterocycles. The average molecular weight is 400 g/mol. The minimum atomic E-state index is -0.517. The Bertz CT molecular complexity index is 1150. The zero-order valence-corrected chi connectivity index (χ0v) is 17.1. The minimum absolute atomic E-state index is 0.0239. The van der Waals surface area contributed by atoms with Crippen LogP contribution < -0.4 is 0 Å². The molecule has 2 aliphatic rings. The highest BCUT2D eigenvalue weighted by Crippen LogP contribution is 2.61. The highest BCUT2D eigenvalue weighted by molar-refractivity contribution is 5.97. The smallest absolute Gasteiger partial charge is 0.162 e. The average Bonchev–Trinajstić information content (AvgIpc) is 3.28. The molecule has 1 fully saturated rings. The molecule has 2 heterocycles. The third kappa shape index (κ3) is 2.49. The molecule has 1 aromatic carbocycles. The van der Waals surface area contributed by atoms with Gasteiger partial charge >= 0.3 is 0 Å². The van der Waals surface area contributed by atoms with Gasteiger partial charge in [-0.3, -0.25) is 9.89 Å². The van der Waals surface area contributed by atoms with Crippen molar-refractivity contribution in [2.24, 2.45) is 5.41 Å². The number of aryl methyl sites for hydroxylation is 1. The third-order valence-corrected chi connectivity index (χ3v) is 7.04. The van der Waals surface area contributed by atoms with E-state index in [9.17, 15) is 9.90 Å². The van der Waals surface area contributed by atoms with Crippen LogP contribution in [0.4, 0.5) is 0 Å². The summed E-state index contributed by atoms with van der Waals surface area (Å²) >= 11 is 0. The number of ketones is 1. The first-order valence-corrected chi connectivity index (χ1v) is 10.3. The quantitative estimate of drug-likeness (QED) is 0.496. The Morgan fingerprint density at radius 2 is 1.97 bits per heavy atom. The van der Waals surface area contributed by atoms with Crippen molar-refractivity contribution in [1.29, 1.82) is 0 Å². The topological polar surface area (TPSA) is 91.8 Å². The molecule has 152 valence electrons. The van der Waals surface area contributed by atoms with Gasteiger partial charge in [-0.15, -0.1) is 0 Å². The molecular formula is C24H24N4O2. The molecule has 0 radical (unpaired) electrons. The minimum Gasteiger partial charge on any atom is -0.515 e. The first kappa shape index (κ1) is 18.7. The molecule has 2 atom stereocenters. The molecule has 5 rings (SSSR count). The molecule has 1 saturated carbocycles. The molecule has 2 N–H and O–H groups in total. The van der Waals surface area contributed by atoms with Crippen LogP contribution in [-0.4, -0.2) is 31.1 Å². The molecule has 6 nitrogen and oxygen atoms in total. The van der Waals surface area contributed by atoms with Crippen LogP contribution in [0.3, 0.4) is 0 Å². The fraction of sp³-hybridized carbons (Fsp3) is 0.333. The Labute approximate surface area is 175 Å². The van der Waals surface area contributed by atoms with E-state index < -0.39 is 5.41 Å². The maximum Gasteiger partial charge on any atom is 0.162 e. The van der Waals surface area contributed by atoms with E-state index in [0.29, 0.717) is 24.2 Å². The van der Waals surface area contributed by atoms with E-state index in [1.54, 1.807) is 6.20 Å². The van der Waals surface area contributed by atoms with Crippen molar-refractivity contribution in [2.45, 2.75) is 44.9 Å². The van der Waals surface area contributed by atoms with Gasteiger partial charge in [0.2, 0.25) is 0 Å². The first-order chi connectivity index (χ1) is 14.5. The number of benzene rings is 1. The third-order valence-electron chi connectivity index (χ3n) is 7.04. The number of fused-ring (bicyclic) bond motifs is 3. The van der Waals surface area contributed by atoms with Gasteiger partial charge in [-0.05, 0) is 37.2 Å². The number of nitrogens with one attached hydrogen (secondary N) is 1. The number of allylic oxidation sites excluding steroid dienone is 1. The van der Waals surface area contributed by atoms with Gasteiger partial charge in [0, 0.05) is 34.7 Å². The number of rotatable bonds is 2. The van der Waals surface area contributed by atoms with Crippen molar-refractivity contribution >= 4 is 5.78 Å². The molecule has 2 aliphatic carbocycles. The van der Waals surface area contributed by atoms with Gasteiger partial charge in [0.15, 0.2) is 5.78 Å². The van der Waals surface area contributed by atoms with Gasteiger partial charge in [-0.2, -0.15) is 5.10 Å². The Hall–Kier alpha value is -3.28. The van der Waals surface area contributed by atoms with Crippen LogP contribution in [0.2, 0.25) is 0 Å². The number of carbonyl (C=O) groups excluding carboxylic acids is 1. The van der Waals surface area contributed by atoms with Crippen molar-refractivity contribution in [3.8, 4) is 11.3 Å². The zero-order chi connectivity index (χ0) is 20.9. The number of aromatic amines is 1. The van der Waals surface area contributed by atoms with Crippen LogP contribution >= 0.6 is 0 Å². The number of hydrogen-bond donors (Lipinski definition) is 2. The second kappa shape index (κ2) is 6.62. The Kier molecular flexibility index (Phi) is 4.13. The fourth-order valence-electron chi connectivity index (χ4n) is 5.52. The van der Waals surface area contributed by atoms with Crippen LogP contribution in [0, 0.1) is 12.3 Å². The number of aromatic nitrogens is 4. The highest BCUT2D eigenvalue weighted by Gasteiger charge is 2.59. The van der Waals surface area contributed by atoms with E-state index in [-0.39, 0.29) is 11.2 Å². The monoisotopic (exact) mass is 400 g/mol. The van der Waals surface area contributed by atoms with E-state index in [1.807, 2.05) is 31.3 Å². The first-order valence-electron chi connectivity index (χ1n) is 10.3. The van der Waals surface area contributed by atoms with E-state index in [4.69, 9.17) is 9.97 Å². The lowest BCUT2D eigenvalue weighted by Crippen LogP contribution is -2.54. The lowest BCUT2D eigenvalue weighted by atomic mass is 9.47. The Morgan fingerprint density at radius 1 is 1.17 bits per heavy atom. The molecule has 6 heteroatoms. The number of carbonyl (C=O) groups is 1. The number of nitrogens with zero attached hydrogens (tertiary/aromatic N) is 3. The summed E-state index contributed by atoms with van der Waals surface area (Å²) in [7, 11) is 0. The van der Waals surface area contributed by atoms with Gasteiger partial charge in [-0.1, -0.05) is 37.3 Å². The summed E-state index contributed by atoms with van der Waals surface area (Å²) in [5.74, 6) is 0.715. The summed E-state index contributed by atoms with van der Waals surface area (Å²) in [6.45, 7) is 4.11. The number of hydrogen-bond acceptors (Lipinski definition) is 5. The summed E-state index contributed by atoms with van der Waals surface area (Å²) in [5, 5.41) is 16.9. The maximum absolute atomic E-state index is 12.8. The standard InChI is InChI=1S/C24H24N4O2/c1-15-27-21(17-12-25-26-13-17)19-8-9-23(2)11-20(30)16(14-29)10-24(23,22(19)28-15)18-6-4-3-5-7-18/h3-7,12-14,29H,8-11H2,1-2H3,(H,25,26)/b16-14-/t23-,24-/m0/s1. The Morgan fingerprint density at radius 3 is 2.67 bits per heavy atom. The maximum atomic E-state index is 12.8. The number of Topliss-reactive ketones (excluding diaryl/α,β-unsaturated/α-hetero) is 1. The van der Waals surface area contributed by atoms with Crippen molar-refractivity contribution in [2.75, 3.05) is 0 Å². The van der Waals surface area contributed by atoms with Gasteiger partial charge in [0.05, 0.1) is 23.8 Å². The van der Waals surface area contributed by atoms with Gasteiger partial charge in [0.1, 0.15) is 5.82 Å².